The van der Waals surface area contributed by atoms with Gasteiger partial charge in [-0.3, -0.25) is 0 Å². The van der Waals surface area contributed by atoms with Gasteiger partial charge in [0.25, 0.3) is 0 Å². The number of hydrogen-bond acceptors (Lipinski definition) is 4. The number of benzene rings is 2. The zero-order chi connectivity index (χ0) is 15.2. The Morgan fingerprint density at radius 1 is 0.696 bits per heavy atom. The molecule has 0 N–H and O–H groups in total. The normalized spacial score (nSPS) is 11.5. The predicted molar refractivity (Wildman–Crippen MR) is 104 cm³/mol. The van der Waals surface area contributed by atoms with Crippen LogP contribution in [-0.2, 0) is 0 Å². The minimum Gasteiger partial charge on any atom is -0.234 e. The average Bonchev–Trinajstić information content (AvgIpc) is 3.30. The van der Waals surface area contributed by atoms with Crippen molar-refractivity contribution in [3.8, 4) is 20.5 Å². The summed E-state index contributed by atoms with van der Waals surface area (Å²) in [7, 11) is 0. The molecule has 110 valence electrons. The highest BCUT2D eigenvalue weighted by Crippen LogP contribution is 2.39. The van der Waals surface area contributed by atoms with Gasteiger partial charge in [0, 0.05) is 14.8 Å². The number of aromatic nitrogens is 1. The molecule has 0 aliphatic carbocycles. The minimum absolute atomic E-state index is 1.09. The van der Waals surface area contributed by atoms with Crippen molar-refractivity contribution >= 4 is 54.2 Å². The molecule has 0 bridgehead atoms. The monoisotopic (exact) mass is 349 g/mol. The first-order chi connectivity index (χ1) is 11.4. The summed E-state index contributed by atoms with van der Waals surface area (Å²) < 4.78 is 2.64. The van der Waals surface area contributed by atoms with Gasteiger partial charge in [0.1, 0.15) is 5.01 Å². The molecule has 0 fully saturated rings. The highest BCUT2D eigenvalue weighted by molar-refractivity contribution is 7.26. The molecule has 0 spiro atoms. The fraction of sp³-hybridized carbons (Fsp3) is 0. The van der Waals surface area contributed by atoms with Crippen molar-refractivity contribution in [1.82, 2.24) is 4.98 Å². The summed E-state index contributed by atoms with van der Waals surface area (Å²) in [5.74, 6) is 0. The molecule has 5 aromatic rings. The fourth-order valence-electron chi connectivity index (χ4n) is 2.70. The quantitative estimate of drug-likeness (QED) is 0.337. The molecule has 0 unspecified atom stereocenters. The number of nitrogens with zero attached hydrogens (tertiary/aromatic N) is 1. The molecule has 0 saturated carbocycles. The first kappa shape index (κ1) is 13.4. The van der Waals surface area contributed by atoms with Crippen LogP contribution in [0.3, 0.4) is 0 Å². The molecule has 3 aromatic heterocycles. The molecular weight excluding hydrogens is 338 g/mol. The second-order valence-corrected chi connectivity index (χ2v) is 8.36. The van der Waals surface area contributed by atoms with Crippen LogP contribution in [0.5, 0.6) is 0 Å². The standard InChI is InChI=1S/C19H11NS3/c1-3-7-15-12(5-1)9-17(22-15)14-11-21-19(20-14)18-10-13-6-2-4-8-16(13)23-18/h1-11H. The molecule has 0 amide bonds. The molecule has 1 nitrogen and oxygen atoms in total. The maximum atomic E-state index is 4.88. The SMILES string of the molecule is c1ccc2sc(-c3csc(-c4cc5ccccc5s4)n3)cc2c1. The molecule has 0 aliphatic heterocycles. The Morgan fingerprint density at radius 3 is 2.00 bits per heavy atom. The van der Waals surface area contributed by atoms with Gasteiger partial charge in [-0.15, -0.1) is 34.0 Å². The van der Waals surface area contributed by atoms with Crippen molar-refractivity contribution < 1.29 is 0 Å². The summed E-state index contributed by atoms with van der Waals surface area (Å²) >= 11 is 5.36. The molecule has 4 heteroatoms. The largest absolute Gasteiger partial charge is 0.234 e. The summed E-state index contributed by atoms with van der Waals surface area (Å²) in [6.45, 7) is 0. The van der Waals surface area contributed by atoms with E-state index in [1.54, 1.807) is 11.3 Å². The Kier molecular flexibility index (Phi) is 3.08. The van der Waals surface area contributed by atoms with Crippen LogP contribution in [0.4, 0.5) is 0 Å². The maximum Gasteiger partial charge on any atom is 0.134 e. The van der Waals surface area contributed by atoms with E-state index in [-0.39, 0.29) is 0 Å². The van der Waals surface area contributed by atoms with Gasteiger partial charge >= 0.3 is 0 Å². The van der Waals surface area contributed by atoms with Gasteiger partial charge in [-0.05, 0) is 35.0 Å². The molecule has 23 heavy (non-hydrogen) atoms. The summed E-state index contributed by atoms with van der Waals surface area (Å²) in [5.41, 5.74) is 1.09. The van der Waals surface area contributed by atoms with Crippen LogP contribution in [0.25, 0.3) is 40.6 Å². The summed E-state index contributed by atoms with van der Waals surface area (Å²) in [4.78, 5) is 7.38. The number of thiophene rings is 2. The van der Waals surface area contributed by atoms with Crippen LogP contribution in [0, 0.1) is 0 Å². The van der Waals surface area contributed by atoms with Gasteiger partial charge in [0.15, 0.2) is 0 Å². The Hall–Kier alpha value is -2.01. The first-order valence-electron chi connectivity index (χ1n) is 7.30. The van der Waals surface area contributed by atoms with Crippen molar-refractivity contribution in [3.63, 3.8) is 0 Å². The number of hydrogen-bond donors (Lipinski definition) is 0. The zero-order valence-electron chi connectivity index (χ0n) is 12.0. The van der Waals surface area contributed by atoms with Crippen LogP contribution in [0.1, 0.15) is 0 Å². The van der Waals surface area contributed by atoms with Crippen molar-refractivity contribution in [2.75, 3.05) is 0 Å². The second kappa shape index (κ2) is 5.27. The van der Waals surface area contributed by atoms with E-state index < -0.39 is 0 Å². The lowest BCUT2D eigenvalue weighted by Crippen LogP contribution is -1.72. The lowest BCUT2D eigenvalue weighted by Gasteiger charge is -1.89. The molecule has 3 heterocycles. The van der Waals surface area contributed by atoms with E-state index in [1.807, 2.05) is 22.7 Å². The minimum atomic E-state index is 1.09. The molecule has 0 aliphatic rings. The van der Waals surface area contributed by atoms with Crippen molar-refractivity contribution in [2.24, 2.45) is 0 Å². The maximum absolute atomic E-state index is 4.88. The summed E-state index contributed by atoms with van der Waals surface area (Å²) in [6.07, 6.45) is 0. The van der Waals surface area contributed by atoms with Gasteiger partial charge in [-0.1, -0.05) is 36.4 Å². The van der Waals surface area contributed by atoms with E-state index in [4.69, 9.17) is 4.98 Å². The van der Waals surface area contributed by atoms with Crippen molar-refractivity contribution in [3.05, 3.63) is 66.0 Å². The second-order valence-electron chi connectivity index (χ2n) is 5.33. The average molecular weight is 350 g/mol. The van der Waals surface area contributed by atoms with Gasteiger partial charge in [0.05, 0.1) is 15.4 Å². The molecule has 0 radical (unpaired) electrons. The third-order valence-corrected chi connectivity index (χ3v) is 7.08. The lowest BCUT2D eigenvalue weighted by atomic mass is 10.2. The van der Waals surface area contributed by atoms with E-state index >= 15 is 0 Å². The molecular formula is C19H11NS3. The van der Waals surface area contributed by atoms with Gasteiger partial charge in [-0.25, -0.2) is 4.98 Å². The Labute approximate surface area is 145 Å². The fourth-order valence-corrected chi connectivity index (χ4v) is 5.74. The van der Waals surface area contributed by atoms with Crippen molar-refractivity contribution in [2.45, 2.75) is 0 Å². The summed E-state index contributed by atoms with van der Waals surface area (Å²) in [6, 6.07) is 21.5. The van der Waals surface area contributed by atoms with E-state index in [2.05, 4.69) is 66.0 Å². The highest BCUT2D eigenvalue weighted by atomic mass is 32.1. The zero-order valence-corrected chi connectivity index (χ0v) is 14.5. The third-order valence-electron chi connectivity index (χ3n) is 3.82. The van der Waals surface area contributed by atoms with Gasteiger partial charge < -0.3 is 0 Å². The van der Waals surface area contributed by atoms with Gasteiger partial charge in [0.2, 0.25) is 0 Å². The van der Waals surface area contributed by atoms with Crippen LogP contribution < -0.4 is 0 Å². The lowest BCUT2D eigenvalue weighted by molar-refractivity contribution is 1.44. The Morgan fingerprint density at radius 2 is 1.30 bits per heavy atom. The topological polar surface area (TPSA) is 12.9 Å². The Bertz CT molecular complexity index is 975. The number of fused-ring (bicyclic) bond motifs is 2. The van der Waals surface area contributed by atoms with Crippen LogP contribution in [0.2, 0.25) is 0 Å². The van der Waals surface area contributed by atoms with E-state index in [1.165, 1.54) is 29.9 Å². The smallest absolute Gasteiger partial charge is 0.134 e. The highest BCUT2D eigenvalue weighted by Gasteiger charge is 2.11. The van der Waals surface area contributed by atoms with E-state index in [0.717, 1.165) is 10.7 Å². The number of rotatable bonds is 2. The molecule has 0 atom stereocenters. The number of thiazole rings is 1. The van der Waals surface area contributed by atoms with Crippen molar-refractivity contribution in [1.29, 1.82) is 0 Å². The molecule has 2 aromatic carbocycles. The van der Waals surface area contributed by atoms with Gasteiger partial charge in [-0.2, -0.15) is 0 Å². The molecule has 5 rings (SSSR count). The van der Waals surface area contributed by atoms with Crippen LogP contribution in [0.15, 0.2) is 66.0 Å². The van der Waals surface area contributed by atoms with Crippen LogP contribution >= 0.6 is 34.0 Å². The predicted octanol–water partition coefficient (Wildman–Crippen LogP) is 6.91. The van der Waals surface area contributed by atoms with Crippen LogP contribution in [-0.4, -0.2) is 4.98 Å². The van der Waals surface area contributed by atoms with E-state index in [0.29, 0.717) is 0 Å². The third kappa shape index (κ3) is 2.30. The first-order valence-corrected chi connectivity index (χ1v) is 9.81. The van der Waals surface area contributed by atoms with E-state index in [9.17, 15) is 0 Å². The Balaban J connectivity index is 1.59. The summed E-state index contributed by atoms with van der Waals surface area (Å²) in [5, 5.41) is 5.87. The molecule has 0 saturated heterocycles.